The number of amides is 1. The van der Waals surface area contributed by atoms with Crippen LogP contribution in [0.1, 0.15) is 10.5 Å². The van der Waals surface area contributed by atoms with Gasteiger partial charge in [0.1, 0.15) is 28.8 Å². The van der Waals surface area contributed by atoms with E-state index in [0.29, 0.717) is 11.4 Å². The van der Waals surface area contributed by atoms with E-state index in [1.165, 1.54) is 25.4 Å². The van der Waals surface area contributed by atoms with Crippen LogP contribution in [0.15, 0.2) is 54.7 Å². The Labute approximate surface area is 147 Å². The minimum absolute atomic E-state index is 0.0555. The monoisotopic (exact) mass is 356 g/mol. The molecule has 6 nitrogen and oxygen atoms in total. The predicted molar refractivity (Wildman–Crippen MR) is 92.6 cm³/mol. The predicted octanol–water partition coefficient (Wildman–Crippen LogP) is 3.76. The summed E-state index contributed by atoms with van der Waals surface area (Å²) in [6, 6.07) is 11.7. The summed E-state index contributed by atoms with van der Waals surface area (Å²) in [6.07, 6.45) is 1.36. The molecule has 0 fully saturated rings. The van der Waals surface area contributed by atoms with E-state index in [1.54, 1.807) is 24.3 Å². The first-order valence-corrected chi connectivity index (χ1v) is 7.57. The molecule has 3 rings (SSSR count). The quantitative estimate of drug-likeness (QED) is 0.728. The van der Waals surface area contributed by atoms with Crippen LogP contribution < -0.4 is 15.4 Å². The Hall–Kier alpha value is -3.55. The minimum Gasteiger partial charge on any atom is -0.495 e. The van der Waals surface area contributed by atoms with E-state index >= 15 is 0 Å². The molecule has 132 valence electrons. The van der Waals surface area contributed by atoms with Crippen molar-refractivity contribution in [3.05, 3.63) is 72.1 Å². The van der Waals surface area contributed by atoms with E-state index in [-0.39, 0.29) is 11.6 Å². The number of aromatic nitrogens is 2. The number of hydrogen-bond donors (Lipinski definition) is 2. The number of nitrogens with one attached hydrogen (secondary N) is 2. The number of rotatable bonds is 5. The zero-order valence-electron chi connectivity index (χ0n) is 13.7. The second kappa shape index (κ2) is 7.56. The Morgan fingerprint density at radius 3 is 2.50 bits per heavy atom. The number of carbonyl (C=O) groups is 1. The molecule has 1 aromatic heterocycles. The summed E-state index contributed by atoms with van der Waals surface area (Å²) in [5.74, 6) is -1.81. The number of ether oxygens (including phenoxy) is 1. The summed E-state index contributed by atoms with van der Waals surface area (Å²) in [5.41, 5.74) is 0.0168. The molecule has 0 unspecified atom stereocenters. The smallest absolute Gasteiger partial charge is 0.274 e. The van der Waals surface area contributed by atoms with Crippen LogP contribution in [0.25, 0.3) is 0 Å². The van der Waals surface area contributed by atoms with E-state index in [2.05, 4.69) is 20.6 Å². The highest BCUT2D eigenvalue weighted by Crippen LogP contribution is 2.25. The zero-order chi connectivity index (χ0) is 18.5. The molecule has 1 amide bonds. The number of anilines is 3. The van der Waals surface area contributed by atoms with Crippen LogP contribution in [0.4, 0.5) is 26.1 Å². The van der Waals surface area contributed by atoms with Gasteiger partial charge < -0.3 is 15.4 Å². The van der Waals surface area contributed by atoms with Crippen molar-refractivity contribution in [3.63, 3.8) is 0 Å². The van der Waals surface area contributed by atoms with E-state index < -0.39 is 23.2 Å². The van der Waals surface area contributed by atoms with Crippen molar-refractivity contribution < 1.29 is 18.3 Å². The molecule has 0 bridgehead atoms. The molecule has 0 saturated carbocycles. The Morgan fingerprint density at radius 1 is 1.04 bits per heavy atom. The average molecular weight is 356 g/mol. The molecule has 1 heterocycles. The van der Waals surface area contributed by atoms with Gasteiger partial charge in [0.15, 0.2) is 0 Å². The Balaban J connectivity index is 1.82. The van der Waals surface area contributed by atoms with E-state index in [9.17, 15) is 13.6 Å². The fraction of sp³-hybridized carbons (Fsp3) is 0.0556. The topological polar surface area (TPSA) is 76.1 Å². The molecule has 8 heteroatoms. The zero-order valence-corrected chi connectivity index (χ0v) is 13.7. The summed E-state index contributed by atoms with van der Waals surface area (Å²) < 4.78 is 32.5. The van der Waals surface area contributed by atoms with Crippen LogP contribution in [0, 0.1) is 11.6 Å². The summed E-state index contributed by atoms with van der Waals surface area (Å²) in [6.45, 7) is 0. The van der Waals surface area contributed by atoms with Crippen LogP contribution in [-0.4, -0.2) is 23.0 Å². The van der Waals surface area contributed by atoms with Gasteiger partial charge >= 0.3 is 0 Å². The van der Waals surface area contributed by atoms with Crippen molar-refractivity contribution in [1.82, 2.24) is 9.97 Å². The molecule has 0 atom stereocenters. The molecule has 3 aromatic rings. The van der Waals surface area contributed by atoms with Gasteiger partial charge in [-0.15, -0.1) is 0 Å². The highest BCUT2D eigenvalue weighted by molar-refractivity contribution is 6.03. The van der Waals surface area contributed by atoms with Crippen molar-refractivity contribution in [2.45, 2.75) is 0 Å². The summed E-state index contributed by atoms with van der Waals surface area (Å²) in [7, 11) is 1.52. The molecule has 0 aliphatic heterocycles. The maximum absolute atomic E-state index is 13.7. The molecule has 0 saturated heterocycles. The van der Waals surface area contributed by atoms with Crippen LogP contribution >= 0.6 is 0 Å². The fourth-order valence-electron chi connectivity index (χ4n) is 2.21. The van der Waals surface area contributed by atoms with E-state index in [4.69, 9.17) is 4.74 Å². The van der Waals surface area contributed by atoms with Gasteiger partial charge in [-0.2, -0.15) is 0 Å². The van der Waals surface area contributed by atoms with Crippen LogP contribution in [-0.2, 0) is 0 Å². The number of halogens is 2. The van der Waals surface area contributed by atoms with Gasteiger partial charge in [-0.05, 0) is 30.3 Å². The third kappa shape index (κ3) is 3.75. The molecule has 26 heavy (non-hydrogen) atoms. The third-order valence-electron chi connectivity index (χ3n) is 3.44. The van der Waals surface area contributed by atoms with Crippen molar-refractivity contribution >= 4 is 23.2 Å². The maximum atomic E-state index is 13.7. The highest BCUT2D eigenvalue weighted by atomic mass is 19.1. The van der Waals surface area contributed by atoms with Gasteiger partial charge in [-0.25, -0.2) is 18.7 Å². The van der Waals surface area contributed by atoms with Crippen LogP contribution in [0.2, 0.25) is 0 Å². The van der Waals surface area contributed by atoms with E-state index in [1.807, 2.05) is 0 Å². The second-order valence-corrected chi connectivity index (χ2v) is 5.14. The Kier molecular flexibility index (Phi) is 5.02. The Morgan fingerprint density at radius 2 is 1.77 bits per heavy atom. The standard InChI is InChI=1S/C18H14F2N4O2/c1-26-15-8-3-2-7-13(15)22-18-21-10-9-14(23-18)17(25)24-16-11(19)5-4-6-12(16)20/h2-10H,1H3,(H,24,25)(H,21,22,23). The average Bonchev–Trinajstić information content (AvgIpc) is 2.65. The van der Waals surface area contributed by atoms with Gasteiger partial charge in [0.2, 0.25) is 5.95 Å². The molecular weight excluding hydrogens is 342 g/mol. The first-order chi connectivity index (χ1) is 12.6. The molecule has 2 aromatic carbocycles. The van der Waals surface area contributed by atoms with E-state index in [0.717, 1.165) is 12.1 Å². The molecular formula is C18H14F2N4O2. The lowest BCUT2D eigenvalue weighted by atomic mass is 10.2. The number of methoxy groups -OCH3 is 1. The lowest BCUT2D eigenvalue weighted by molar-refractivity contribution is 0.102. The Bertz CT molecular complexity index is 930. The van der Waals surface area contributed by atoms with Gasteiger partial charge in [0.05, 0.1) is 12.8 Å². The summed E-state index contributed by atoms with van der Waals surface area (Å²) in [4.78, 5) is 20.4. The normalized spacial score (nSPS) is 10.3. The lowest BCUT2D eigenvalue weighted by Crippen LogP contribution is -2.16. The van der Waals surface area contributed by atoms with Gasteiger partial charge in [-0.1, -0.05) is 18.2 Å². The number of para-hydroxylation sites is 3. The lowest BCUT2D eigenvalue weighted by Gasteiger charge is -2.10. The number of nitrogens with zero attached hydrogens (tertiary/aromatic N) is 2. The molecule has 0 spiro atoms. The van der Waals surface area contributed by atoms with Gasteiger partial charge in [0.25, 0.3) is 5.91 Å². The fourth-order valence-corrected chi connectivity index (χ4v) is 2.21. The first-order valence-electron chi connectivity index (χ1n) is 7.57. The minimum atomic E-state index is -0.875. The third-order valence-corrected chi connectivity index (χ3v) is 3.44. The number of carbonyl (C=O) groups excluding carboxylic acids is 1. The van der Waals surface area contributed by atoms with Crippen LogP contribution in [0.3, 0.4) is 0 Å². The molecule has 2 N–H and O–H groups in total. The number of hydrogen-bond acceptors (Lipinski definition) is 5. The van der Waals surface area contributed by atoms with Crippen LogP contribution in [0.5, 0.6) is 5.75 Å². The maximum Gasteiger partial charge on any atom is 0.274 e. The number of benzene rings is 2. The highest BCUT2D eigenvalue weighted by Gasteiger charge is 2.15. The second-order valence-electron chi connectivity index (χ2n) is 5.14. The first kappa shape index (κ1) is 17.3. The van der Waals surface area contributed by atoms with Crippen molar-refractivity contribution in [2.75, 3.05) is 17.7 Å². The largest absolute Gasteiger partial charge is 0.495 e. The van der Waals surface area contributed by atoms with Gasteiger partial charge in [0, 0.05) is 6.20 Å². The summed E-state index contributed by atoms with van der Waals surface area (Å²) >= 11 is 0. The molecule has 0 aliphatic carbocycles. The summed E-state index contributed by atoms with van der Waals surface area (Å²) in [5, 5.41) is 5.11. The SMILES string of the molecule is COc1ccccc1Nc1nccc(C(=O)Nc2c(F)cccc2F)n1. The molecule has 0 radical (unpaired) electrons. The van der Waals surface area contributed by atoms with Crippen molar-refractivity contribution in [2.24, 2.45) is 0 Å². The molecule has 0 aliphatic rings. The van der Waals surface area contributed by atoms with Gasteiger partial charge in [-0.3, -0.25) is 4.79 Å². The van der Waals surface area contributed by atoms with Crippen molar-refractivity contribution in [3.8, 4) is 5.75 Å². The van der Waals surface area contributed by atoms with Crippen molar-refractivity contribution in [1.29, 1.82) is 0 Å².